The van der Waals surface area contributed by atoms with E-state index in [-0.39, 0.29) is 5.91 Å². The van der Waals surface area contributed by atoms with E-state index in [1.54, 1.807) is 40.0 Å². The van der Waals surface area contributed by atoms with E-state index in [4.69, 9.17) is 9.47 Å². The van der Waals surface area contributed by atoms with Gasteiger partial charge in [0.1, 0.15) is 16.1 Å². The summed E-state index contributed by atoms with van der Waals surface area (Å²) in [5, 5.41) is 0. The fraction of sp³-hybridized carbons (Fsp3) is 0.259. The van der Waals surface area contributed by atoms with Gasteiger partial charge in [-0.3, -0.25) is 4.79 Å². The quantitative estimate of drug-likeness (QED) is 0.452. The molecule has 170 valence electrons. The fourth-order valence-electron chi connectivity index (χ4n) is 3.93. The third-order valence-electron chi connectivity index (χ3n) is 5.34. The van der Waals surface area contributed by atoms with Crippen molar-refractivity contribution >= 4 is 29.4 Å². The maximum atomic E-state index is 14.2. The van der Waals surface area contributed by atoms with Gasteiger partial charge in [0.05, 0.1) is 12.8 Å². The lowest BCUT2D eigenvalue weighted by molar-refractivity contribution is -0.120. The van der Waals surface area contributed by atoms with Crippen molar-refractivity contribution in [1.82, 2.24) is 0 Å². The van der Waals surface area contributed by atoms with Gasteiger partial charge in [0.15, 0.2) is 0 Å². The van der Waals surface area contributed by atoms with Crippen LogP contribution in [0.5, 0.6) is 5.75 Å². The van der Waals surface area contributed by atoms with Crippen LogP contribution in [0.15, 0.2) is 83.8 Å². The molecule has 0 N–H and O–H groups in total. The van der Waals surface area contributed by atoms with Crippen molar-refractivity contribution in [2.45, 2.75) is 42.4 Å². The standard InChI is InChI=1S/C27H27NO4S/c1-26(2,3)32-25(30)28-23-16-15-20(31-4)17-22(23)27(24(28)29,18-19-11-7-5-8-12-19)33-21-13-9-6-10-14-21/h5-17H,18H2,1-4H3/t27-/m1/s1. The molecule has 0 aliphatic carbocycles. The van der Waals surface area contributed by atoms with Crippen molar-refractivity contribution in [3.05, 3.63) is 90.0 Å². The van der Waals surface area contributed by atoms with Gasteiger partial charge in [-0.25, -0.2) is 9.69 Å². The Hall–Kier alpha value is -3.25. The van der Waals surface area contributed by atoms with E-state index in [0.29, 0.717) is 17.9 Å². The summed E-state index contributed by atoms with van der Waals surface area (Å²) in [6.45, 7) is 5.36. The zero-order valence-corrected chi connectivity index (χ0v) is 20.0. The van der Waals surface area contributed by atoms with E-state index in [9.17, 15) is 9.59 Å². The van der Waals surface area contributed by atoms with Crippen molar-refractivity contribution < 1.29 is 19.1 Å². The number of ether oxygens (including phenoxy) is 2. The first-order chi connectivity index (χ1) is 15.7. The van der Waals surface area contributed by atoms with Crippen LogP contribution in [0.1, 0.15) is 31.9 Å². The summed E-state index contributed by atoms with van der Waals surface area (Å²) in [7, 11) is 1.59. The van der Waals surface area contributed by atoms with E-state index in [1.165, 1.54) is 16.7 Å². The Kier molecular flexibility index (Phi) is 6.21. The number of hydrogen-bond acceptors (Lipinski definition) is 5. The van der Waals surface area contributed by atoms with Gasteiger partial charge in [0, 0.05) is 16.9 Å². The Morgan fingerprint density at radius 3 is 2.21 bits per heavy atom. The van der Waals surface area contributed by atoms with Gasteiger partial charge in [0.25, 0.3) is 5.91 Å². The number of thioether (sulfide) groups is 1. The van der Waals surface area contributed by atoms with Crippen LogP contribution < -0.4 is 9.64 Å². The molecular weight excluding hydrogens is 434 g/mol. The van der Waals surface area contributed by atoms with E-state index in [1.807, 2.05) is 66.7 Å². The number of rotatable bonds is 5. The van der Waals surface area contributed by atoms with Crippen molar-refractivity contribution in [2.75, 3.05) is 12.0 Å². The summed E-state index contributed by atoms with van der Waals surface area (Å²) in [5.74, 6) is 0.302. The minimum atomic E-state index is -1.07. The molecule has 0 unspecified atom stereocenters. The van der Waals surface area contributed by atoms with Gasteiger partial charge in [-0.15, -0.1) is 11.8 Å². The monoisotopic (exact) mass is 461 g/mol. The van der Waals surface area contributed by atoms with Gasteiger partial charge in [-0.2, -0.15) is 0 Å². The van der Waals surface area contributed by atoms with Crippen molar-refractivity contribution in [3.63, 3.8) is 0 Å². The van der Waals surface area contributed by atoms with Crippen LogP contribution in [-0.4, -0.2) is 24.7 Å². The summed E-state index contributed by atoms with van der Waals surface area (Å²) >= 11 is 1.45. The Morgan fingerprint density at radius 2 is 1.61 bits per heavy atom. The van der Waals surface area contributed by atoms with Crippen molar-refractivity contribution in [1.29, 1.82) is 0 Å². The van der Waals surface area contributed by atoms with E-state index < -0.39 is 16.4 Å². The smallest absolute Gasteiger partial charge is 0.421 e. The van der Waals surface area contributed by atoms with Crippen LogP contribution in [-0.2, 0) is 20.7 Å². The number of fused-ring (bicyclic) bond motifs is 1. The van der Waals surface area contributed by atoms with Gasteiger partial charge < -0.3 is 9.47 Å². The maximum absolute atomic E-state index is 14.2. The summed E-state index contributed by atoms with van der Waals surface area (Å²) in [5.41, 5.74) is 1.51. The van der Waals surface area contributed by atoms with Crippen LogP contribution in [0.2, 0.25) is 0 Å². The van der Waals surface area contributed by atoms with Gasteiger partial charge in [0.2, 0.25) is 0 Å². The lowest BCUT2D eigenvalue weighted by Gasteiger charge is -2.29. The zero-order chi connectivity index (χ0) is 23.6. The summed E-state index contributed by atoms with van der Waals surface area (Å²) in [6, 6.07) is 25.0. The van der Waals surface area contributed by atoms with E-state index >= 15 is 0 Å². The van der Waals surface area contributed by atoms with Crippen LogP contribution in [0.4, 0.5) is 10.5 Å². The molecule has 0 radical (unpaired) electrons. The Bertz CT molecular complexity index is 1110. The minimum Gasteiger partial charge on any atom is -0.497 e. The molecule has 0 fully saturated rings. The van der Waals surface area contributed by atoms with Gasteiger partial charge in [-0.05, 0) is 56.7 Å². The summed E-state index contributed by atoms with van der Waals surface area (Å²) in [4.78, 5) is 29.5. The molecule has 1 aliphatic heterocycles. The van der Waals surface area contributed by atoms with E-state index in [2.05, 4.69) is 0 Å². The largest absolute Gasteiger partial charge is 0.497 e. The number of imide groups is 1. The molecule has 0 bridgehead atoms. The second-order valence-corrected chi connectivity index (χ2v) is 10.3. The Labute approximate surface area is 198 Å². The van der Waals surface area contributed by atoms with Crippen LogP contribution in [0.25, 0.3) is 0 Å². The molecule has 0 saturated heterocycles. The highest BCUT2D eigenvalue weighted by Crippen LogP contribution is 2.54. The average Bonchev–Trinajstić information content (AvgIpc) is 3.01. The molecule has 0 saturated carbocycles. The summed E-state index contributed by atoms with van der Waals surface area (Å²) in [6.07, 6.45) is -0.270. The number of anilines is 1. The summed E-state index contributed by atoms with van der Waals surface area (Å²) < 4.78 is 10.0. The number of carbonyl (C=O) groups excluding carboxylic acids is 2. The number of carbonyl (C=O) groups is 2. The van der Waals surface area contributed by atoms with E-state index in [0.717, 1.165) is 16.0 Å². The molecule has 3 aromatic carbocycles. The number of amides is 2. The van der Waals surface area contributed by atoms with Crippen LogP contribution in [0, 0.1) is 0 Å². The molecule has 0 spiro atoms. The van der Waals surface area contributed by atoms with Crippen LogP contribution in [0.3, 0.4) is 0 Å². The second-order valence-electron chi connectivity index (χ2n) is 8.91. The molecule has 0 aromatic heterocycles. The lowest BCUT2D eigenvalue weighted by Crippen LogP contribution is -2.45. The highest BCUT2D eigenvalue weighted by molar-refractivity contribution is 8.01. The first-order valence-electron chi connectivity index (χ1n) is 10.8. The van der Waals surface area contributed by atoms with Gasteiger partial charge in [-0.1, -0.05) is 48.5 Å². The first-order valence-corrected chi connectivity index (χ1v) is 11.6. The average molecular weight is 462 g/mol. The SMILES string of the molecule is COc1ccc2c(c1)[C@@](Cc1ccccc1)(Sc1ccccc1)C(=O)N2C(=O)OC(C)(C)C. The molecule has 6 heteroatoms. The van der Waals surface area contributed by atoms with Crippen molar-refractivity contribution in [2.24, 2.45) is 0 Å². The fourth-order valence-corrected chi connectivity index (χ4v) is 5.32. The van der Waals surface area contributed by atoms with Gasteiger partial charge >= 0.3 is 6.09 Å². The predicted molar refractivity (Wildman–Crippen MR) is 131 cm³/mol. The molecule has 33 heavy (non-hydrogen) atoms. The molecule has 2 amide bonds. The maximum Gasteiger partial charge on any atom is 0.421 e. The highest BCUT2D eigenvalue weighted by atomic mass is 32.2. The number of hydrogen-bond donors (Lipinski definition) is 0. The molecule has 1 atom stereocenters. The topological polar surface area (TPSA) is 55.8 Å². The van der Waals surface area contributed by atoms with Crippen molar-refractivity contribution in [3.8, 4) is 5.75 Å². The number of benzene rings is 3. The molecule has 3 aromatic rings. The third-order valence-corrected chi connectivity index (χ3v) is 6.73. The van der Waals surface area contributed by atoms with Crippen LogP contribution >= 0.6 is 11.8 Å². The minimum absolute atomic E-state index is 0.322. The number of nitrogens with zero attached hydrogens (tertiary/aromatic N) is 1. The molecule has 5 nitrogen and oxygen atoms in total. The Balaban J connectivity index is 1.90. The normalized spacial score (nSPS) is 17.6. The highest BCUT2D eigenvalue weighted by Gasteiger charge is 2.55. The third kappa shape index (κ3) is 4.62. The molecular formula is C27H27NO4S. The first kappa shape index (κ1) is 22.9. The molecule has 4 rings (SSSR count). The Morgan fingerprint density at radius 1 is 0.970 bits per heavy atom. The second kappa shape index (κ2) is 8.94. The zero-order valence-electron chi connectivity index (χ0n) is 19.2. The lowest BCUT2D eigenvalue weighted by atomic mass is 9.92. The number of methoxy groups -OCH3 is 1. The molecule has 1 heterocycles. The molecule has 1 aliphatic rings. The predicted octanol–water partition coefficient (Wildman–Crippen LogP) is 6.21.